The van der Waals surface area contributed by atoms with Crippen molar-refractivity contribution in [2.24, 2.45) is 0 Å². The third-order valence-corrected chi connectivity index (χ3v) is 4.24. The molecule has 0 saturated heterocycles. The number of benzene rings is 1. The molecule has 14 heteroatoms. The lowest BCUT2D eigenvalue weighted by atomic mass is 10.2. The van der Waals surface area contributed by atoms with Crippen LogP contribution in [0.25, 0.3) is 0 Å². The lowest BCUT2D eigenvalue weighted by Gasteiger charge is -2.10. The van der Waals surface area contributed by atoms with Gasteiger partial charge in [0.1, 0.15) is 12.3 Å². The molecule has 170 valence electrons. The molecular formula is C18H16BrF3N6O4. The SMILES string of the molecule is O=C(COc1cccc(C(F)(F)F)c1)NCCNC(=O)c1nc(Cn2cc(Br)cn2)no1. The van der Waals surface area contributed by atoms with Crippen LogP contribution in [0.1, 0.15) is 22.1 Å². The van der Waals surface area contributed by atoms with Gasteiger partial charge in [-0.3, -0.25) is 14.3 Å². The quantitative estimate of drug-likeness (QED) is 0.417. The van der Waals surface area contributed by atoms with Gasteiger partial charge in [0, 0.05) is 19.3 Å². The summed E-state index contributed by atoms with van der Waals surface area (Å²) >= 11 is 3.26. The number of nitrogens with one attached hydrogen (secondary N) is 2. The van der Waals surface area contributed by atoms with Crippen molar-refractivity contribution in [3.63, 3.8) is 0 Å². The Kier molecular flexibility index (Phi) is 7.45. The first-order valence-corrected chi connectivity index (χ1v) is 9.85. The second-order valence-electron chi connectivity index (χ2n) is 6.29. The van der Waals surface area contributed by atoms with Gasteiger partial charge in [0.25, 0.3) is 5.91 Å². The standard InChI is InChI=1S/C18H16BrF3N6O4/c19-12-7-25-28(8-12)9-14-26-17(32-27-14)16(30)24-5-4-23-15(29)10-31-13-3-1-2-11(6-13)18(20,21)22/h1-3,6-8H,4-5,9-10H2,(H,23,29)(H,24,30). The number of hydrogen-bond acceptors (Lipinski definition) is 7. The second kappa shape index (κ2) is 10.3. The average Bonchev–Trinajstić information content (AvgIpc) is 3.38. The van der Waals surface area contributed by atoms with Crippen LogP contribution in [-0.2, 0) is 17.5 Å². The summed E-state index contributed by atoms with van der Waals surface area (Å²) in [6.07, 6.45) is -1.21. The van der Waals surface area contributed by atoms with Crippen molar-refractivity contribution >= 4 is 27.7 Å². The summed E-state index contributed by atoms with van der Waals surface area (Å²) in [5, 5.41) is 12.7. The van der Waals surface area contributed by atoms with E-state index in [2.05, 4.69) is 41.8 Å². The highest BCUT2D eigenvalue weighted by molar-refractivity contribution is 9.10. The number of carbonyl (C=O) groups excluding carboxylic acids is 2. The van der Waals surface area contributed by atoms with Crippen molar-refractivity contribution in [3.8, 4) is 5.75 Å². The second-order valence-corrected chi connectivity index (χ2v) is 7.21. The van der Waals surface area contributed by atoms with Gasteiger partial charge in [-0.2, -0.15) is 23.3 Å². The number of carbonyl (C=O) groups is 2. The van der Waals surface area contributed by atoms with Gasteiger partial charge in [-0.25, -0.2) is 0 Å². The lowest BCUT2D eigenvalue weighted by molar-refractivity contribution is -0.137. The maximum Gasteiger partial charge on any atom is 0.416 e. The zero-order valence-electron chi connectivity index (χ0n) is 16.2. The maximum absolute atomic E-state index is 12.7. The summed E-state index contributed by atoms with van der Waals surface area (Å²) in [7, 11) is 0. The summed E-state index contributed by atoms with van der Waals surface area (Å²) in [5.74, 6) is -1.27. The van der Waals surface area contributed by atoms with Gasteiger partial charge in [0.2, 0.25) is 0 Å². The fourth-order valence-electron chi connectivity index (χ4n) is 2.40. The number of aromatic nitrogens is 4. The summed E-state index contributed by atoms with van der Waals surface area (Å²) in [6.45, 7) is -0.160. The Morgan fingerprint density at radius 3 is 2.72 bits per heavy atom. The minimum Gasteiger partial charge on any atom is -0.484 e. The zero-order chi connectivity index (χ0) is 23.1. The van der Waals surface area contributed by atoms with E-state index in [1.54, 1.807) is 17.1 Å². The van der Waals surface area contributed by atoms with Crippen molar-refractivity contribution in [2.75, 3.05) is 19.7 Å². The molecule has 0 unspecified atom stereocenters. The first-order valence-electron chi connectivity index (χ1n) is 9.06. The van der Waals surface area contributed by atoms with Crippen molar-refractivity contribution in [1.29, 1.82) is 0 Å². The van der Waals surface area contributed by atoms with Crippen LogP contribution >= 0.6 is 15.9 Å². The Morgan fingerprint density at radius 2 is 2.00 bits per heavy atom. The number of ether oxygens (including phenoxy) is 1. The number of halogens is 4. The van der Waals surface area contributed by atoms with Gasteiger partial charge < -0.3 is 19.9 Å². The molecular weight excluding hydrogens is 501 g/mol. The monoisotopic (exact) mass is 516 g/mol. The highest BCUT2D eigenvalue weighted by Crippen LogP contribution is 2.31. The van der Waals surface area contributed by atoms with Gasteiger partial charge in [0.15, 0.2) is 12.4 Å². The number of nitrogens with zero attached hydrogens (tertiary/aromatic N) is 4. The zero-order valence-corrected chi connectivity index (χ0v) is 17.8. The smallest absolute Gasteiger partial charge is 0.416 e. The summed E-state index contributed by atoms with van der Waals surface area (Å²) in [6, 6.07) is 4.20. The molecule has 3 aromatic rings. The molecule has 3 rings (SSSR count). The molecule has 0 spiro atoms. The Labute approximate surface area is 187 Å². The molecule has 2 heterocycles. The van der Waals surface area contributed by atoms with E-state index in [9.17, 15) is 22.8 Å². The van der Waals surface area contributed by atoms with Crippen LogP contribution in [0.15, 0.2) is 45.7 Å². The predicted molar refractivity (Wildman–Crippen MR) is 106 cm³/mol. The molecule has 2 N–H and O–H groups in total. The first-order chi connectivity index (χ1) is 15.2. The minimum atomic E-state index is -4.50. The summed E-state index contributed by atoms with van der Waals surface area (Å²) < 4.78 is 50.3. The van der Waals surface area contributed by atoms with E-state index in [1.165, 1.54) is 12.1 Å². The van der Waals surface area contributed by atoms with Crippen molar-refractivity contribution in [2.45, 2.75) is 12.7 Å². The van der Waals surface area contributed by atoms with Crippen LogP contribution in [-0.4, -0.2) is 51.4 Å². The van der Waals surface area contributed by atoms with Crippen molar-refractivity contribution in [3.05, 3.63) is 58.4 Å². The summed E-state index contributed by atoms with van der Waals surface area (Å²) in [4.78, 5) is 27.7. The van der Waals surface area contributed by atoms with Crippen LogP contribution in [0.4, 0.5) is 13.2 Å². The topological polar surface area (TPSA) is 124 Å². The van der Waals surface area contributed by atoms with E-state index >= 15 is 0 Å². The molecule has 0 fully saturated rings. The number of alkyl halides is 3. The Morgan fingerprint density at radius 1 is 1.22 bits per heavy atom. The van der Waals surface area contributed by atoms with Crippen LogP contribution in [0, 0.1) is 0 Å². The normalized spacial score (nSPS) is 11.2. The number of hydrogen-bond donors (Lipinski definition) is 2. The maximum atomic E-state index is 12.7. The molecule has 2 amide bonds. The molecule has 10 nitrogen and oxygen atoms in total. The lowest BCUT2D eigenvalue weighted by Crippen LogP contribution is -2.36. The third kappa shape index (κ3) is 6.80. The fraction of sp³-hybridized carbons (Fsp3) is 0.278. The van der Waals surface area contributed by atoms with Crippen molar-refractivity contribution < 1.29 is 32.0 Å². The molecule has 0 aliphatic carbocycles. The molecule has 0 aliphatic rings. The van der Waals surface area contributed by atoms with Crippen LogP contribution in [0.3, 0.4) is 0 Å². The third-order valence-electron chi connectivity index (χ3n) is 3.83. The van der Waals surface area contributed by atoms with Gasteiger partial charge in [-0.15, -0.1) is 0 Å². The van der Waals surface area contributed by atoms with E-state index in [0.29, 0.717) is 0 Å². The molecule has 0 atom stereocenters. The van der Waals surface area contributed by atoms with Crippen molar-refractivity contribution in [1.82, 2.24) is 30.6 Å². The predicted octanol–water partition coefficient (Wildman–Crippen LogP) is 2.02. The van der Waals surface area contributed by atoms with E-state index in [4.69, 9.17) is 9.26 Å². The van der Waals surface area contributed by atoms with Crippen LogP contribution in [0.2, 0.25) is 0 Å². The largest absolute Gasteiger partial charge is 0.484 e. The van der Waals surface area contributed by atoms with Crippen LogP contribution < -0.4 is 15.4 Å². The molecule has 0 bridgehead atoms. The van der Waals surface area contributed by atoms with E-state index < -0.39 is 30.2 Å². The Balaban J connectivity index is 1.36. The van der Waals surface area contributed by atoms with Gasteiger partial charge in [0.05, 0.1) is 16.2 Å². The summed E-state index contributed by atoms with van der Waals surface area (Å²) in [5.41, 5.74) is -0.875. The van der Waals surface area contributed by atoms with E-state index in [1.807, 2.05) is 0 Å². The molecule has 0 saturated carbocycles. The van der Waals surface area contributed by atoms with Gasteiger partial charge >= 0.3 is 18.0 Å². The average molecular weight is 517 g/mol. The Bertz CT molecular complexity index is 1080. The highest BCUT2D eigenvalue weighted by Gasteiger charge is 2.30. The van der Waals surface area contributed by atoms with Gasteiger partial charge in [-0.05, 0) is 34.1 Å². The molecule has 32 heavy (non-hydrogen) atoms. The molecule has 0 radical (unpaired) electrons. The Hall–Kier alpha value is -3.42. The molecule has 1 aromatic carbocycles. The molecule has 2 aromatic heterocycles. The van der Waals surface area contributed by atoms with E-state index in [-0.39, 0.29) is 37.1 Å². The number of amides is 2. The first kappa shape index (κ1) is 23.2. The molecule has 0 aliphatic heterocycles. The number of rotatable bonds is 9. The van der Waals surface area contributed by atoms with Gasteiger partial charge in [-0.1, -0.05) is 11.2 Å². The minimum absolute atomic E-state index is 0.0535. The highest BCUT2D eigenvalue weighted by atomic mass is 79.9. The van der Waals surface area contributed by atoms with Crippen LogP contribution in [0.5, 0.6) is 5.75 Å². The fourth-order valence-corrected chi connectivity index (χ4v) is 2.72. The van der Waals surface area contributed by atoms with E-state index in [0.717, 1.165) is 16.6 Å².